The third kappa shape index (κ3) is 7.02. The van der Waals surface area contributed by atoms with Crippen molar-refractivity contribution in [1.82, 2.24) is 5.32 Å². The molecule has 1 saturated carbocycles. The van der Waals surface area contributed by atoms with Gasteiger partial charge in [0.1, 0.15) is 0 Å². The highest BCUT2D eigenvalue weighted by Crippen LogP contribution is 2.28. The average molecular weight is 387 g/mol. The highest BCUT2D eigenvalue weighted by Gasteiger charge is 2.12. The van der Waals surface area contributed by atoms with E-state index < -0.39 is 0 Å². The summed E-state index contributed by atoms with van der Waals surface area (Å²) < 4.78 is 1.05. The predicted molar refractivity (Wildman–Crippen MR) is 102 cm³/mol. The largest absolute Gasteiger partial charge is 0.362 e. The van der Waals surface area contributed by atoms with E-state index in [-0.39, 0.29) is 0 Å². The first-order valence-corrected chi connectivity index (χ1v) is 9.91. The fourth-order valence-corrected chi connectivity index (χ4v) is 4.43. The molecule has 2 nitrogen and oxygen atoms in total. The zero-order valence-electron chi connectivity index (χ0n) is 12.2. The van der Waals surface area contributed by atoms with Crippen LogP contribution in [-0.2, 0) is 0 Å². The van der Waals surface area contributed by atoms with Gasteiger partial charge in [-0.15, -0.1) is 0 Å². The molecule has 2 rings (SSSR count). The number of rotatable bonds is 6. The van der Waals surface area contributed by atoms with Crippen LogP contribution in [0.15, 0.2) is 28.7 Å². The van der Waals surface area contributed by atoms with Gasteiger partial charge >= 0.3 is 0 Å². The molecule has 2 N–H and O–H groups in total. The molecule has 0 amide bonds. The SMILES string of the molecule is S=C(NCCCSC1CCCCC1)Nc1cccc(Br)c1. The van der Waals surface area contributed by atoms with Crippen LogP contribution in [0.1, 0.15) is 38.5 Å². The van der Waals surface area contributed by atoms with Crippen LogP contribution in [0.3, 0.4) is 0 Å². The minimum Gasteiger partial charge on any atom is -0.362 e. The van der Waals surface area contributed by atoms with Crippen molar-refractivity contribution in [2.24, 2.45) is 0 Å². The van der Waals surface area contributed by atoms with Crippen molar-refractivity contribution >= 4 is 50.7 Å². The van der Waals surface area contributed by atoms with E-state index in [0.717, 1.165) is 22.0 Å². The van der Waals surface area contributed by atoms with Gasteiger partial charge in [0.2, 0.25) is 0 Å². The molecule has 0 spiro atoms. The second-order valence-corrected chi connectivity index (χ2v) is 8.11. The van der Waals surface area contributed by atoms with Crippen molar-refractivity contribution in [2.75, 3.05) is 17.6 Å². The molecule has 0 unspecified atom stereocenters. The molecular formula is C16H23BrN2S2. The van der Waals surface area contributed by atoms with Gasteiger partial charge in [-0.1, -0.05) is 41.3 Å². The van der Waals surface area contributed by atoms with E-state index in [1.807, 2.05) is 24.3 Å². The van der Waals surface area contributed by atoms with Gasteiger partial charge in [-0.3, -0.25) is 0 Å². The van der Waals surface area contributed by atoms with Crippen molar-refractivity contribution in [3.63, 3.8) is 0 Å². The van der Waals surface area contributed by atoms with Crippen LogP contribution in [0.2, 0.25) is 0 Å². The summed E-state index contributed by atoms with van der Waals surface area (Å²) in [5.74, 6) is 1.23. The molecule has 116 valence electrons. The van der Waals surface area contributed by atoms with E-state index in [0.29, 0.717) is 5.11 Å². The maximum atomic E-state index is 5.31. The van der Waals surface area contributed by atoms with Crippen LogP contribution < -0.4 is 10.6 Å². The van der Waals surface area contributed by atoms with Crippen LogP contribution in [0.25, 0.3) is 0 Å². The molecule has 0 aromatic heterocycles. The highest BCUT2D eigenvalue weighted by atomic mass is 79.9. The summed E-state index contributed by atoms with van der Waals surface area (Å²) in [6, 6.07) is 8.03. The van der Waals surface area contributed by atoms with Crippen LogP contribution >= 0.6 is 39.9 Å². The molecule has 0 atom stereocenters. The Morgan fingerprint density at radius 1 is 1.29 bits per heavy atom. The van der Waals surface area contributed by atoms with E-state index in [2.05, 4.69) is 38.3 Å². The lowest BCUT2D eigenvalue weighted by molar-refractivity contribution is 0.516. The number of thiocarbonyl (C=S) groups is 1. The second-order valence-electron chi connectivity index (χ2n) is 5.38. The molecule has 1 fully saturated rings. The Morgan fingerprint density at radius 3 is 2.86 bits per heavy atom. The van der Waals surface area contributed by atoms with Crippen molar-refractivity contribution in [2.45, 2.75) is 43.8 Å². The number of benzene rings is 1. The first-order valence-electron chi connectivity index (χ1n) is 7.66. The number of halogens is 1. The van der Waals surface area contributed by atoms with Crippen molar-refractivity contribution in [3.8, 4) is 0 Å². The lowest BCUT2D eigenvalue weighted by Gasteiger charge is -2.20. The number of hydrogen-bond acceptors (Lipinski definition) is 2. The summed E-state index contributed by atoms with van der Waals surface area (Å²) in [7, 11) is 0. The molecule has 1 aromatic carbocycles. The topological polar surface area (TPSA) is 24.1 Å². The summed E-state index contributed by atoms with van der Waals surface area (Å²) in [6.45, 7) is 0.944. The third-order valence-electron chi connectivity index (χ3n) is 3.59. The minimum absolute atomic E-state index is 0.704. The minimum atomic E-state index is 0.704. The maximum Gasteiger partial charge on any atom is 0.170 e. The van der Waals surface area contributed by atoms with Gasteiger partial charge in [-0.25, -0.2) is 0 Å². The monoisotopic (exact) mass is 386 g/mol. The van der Waals surface area contributed by atoms with Crippen LogP contribution in [0.5, 0.6) is 0 Å². The average Bonchev–Trinajstić information content (AvgIpc) is 2.48. The van der Waals surface area contributed by atoms with Crippen LogP contribution in [0, 0.1) is 0 Å². The second kappa shape index (κ2) is 9.70. The Balaban J connectivity index is 1.54. The van der Waals surface area contributed by atoms with Crippen molar-refractivity contribution in [3.05, 3.63) is 28.7 Å². The first kappa shape index (κ1) is 17.1. The van der Waals surface area contributed by atoms with E-state index in [9.17, 15) is 0 Å². The predicted octanol–water partition coefficient (Wildman–Crippen LogP) is 5.19. The highest BCUT2D eigenvalue weighted by molar-refractivity contribution is 9.10. The molecule has 1 aromatic rings. The van der Waals surface area contributed by atoms with E-state index >= 15 is 0 Å². The molecule has 0 radical (unpaired) electrons. The molecule has 0 bridgehead atoms. The number of nitrogens with one attached hydrogen (secondary N) is 2. The maximum absolute atomic E-state index is 5.31. The summed E-state index contributed by atoms with van der Waals surface area (Å²) in [6.07, 6.45) is 8.30. The van der Waals surface area contributed by atoms with E-state index in [1.165, 1.54) is 44.3 Å². The zero-order valence-corrected chi connectivity index (χ0v) is 15.5. The molecule has 21 heavy (non-hydrogen) atoms. The van der Waals surface area contributed by atoms with Crippen molar-refractivity contribution in [1.29, 1.82) is 0 Å². The van der Waals surface area contributed by atoms with Gasteiger partial charge in [0, 0.05) is 22.0 Å². The fourth-order valence-electron chi connectivity index (χ4n) is 2.50. The Bertz CT molecular complexity index is 448. The molecule has 1 aliphatic carbocycles. The standard InChI is InChI=1S/C16H23BrN2S2/c17-13-6-4-7-14(12-13)19-16(20)18-10-5-11-21-15-8-2-1-3-9-15/h4,6-7,12,15H,1-3,5,8-11H2,(H2,18,19,20). The Morgan fingerprint density at radius 2 is 2.10 bits per heavy atom. The van der Waals surface area contributed by atoms with Gasteiger partial charge in [0.05, 0.1) is 0 Å². The Labute approximate surface area is 146 Å². The summed E-state index contributed by atoms with van der Waals surface area (Å²) >= 11 is 10.9. The molecule has 0 heterocycles. The van der Waals surface area contributed by atoms with Gasteiger partial charge in [-0.05, 0) is 55.4 Å². The molecule has 1 aliphatic rings. The van der Waals surface area contributed by atoms with Gasteiger partial charge in [0.15, 0.2) is 5.11 Å². The molecule has 0 aliphatic heterocycles. The lowest BCUT2D eigenvalue weighted by atomic mass is 10.0. The molecule has 5 heteroatoms. The fraction of sp³-hybridized carbons (Fsp3) is 0.562. The first-order chi connectivity index (χ1) is 10.2. The summed E-state index contributed by atoms with van der Waals surface area (Å²) in [5.41, 5.74) is 1.01. The van der Waals surface area contributed by atoms with Crippen LogP contribution in [-0.4, -0.2) is 22.7 Å². The van der Waals surface area contributed by atoms with Gasteiger partial charge in [-0.2, -0.15) is 11.8 Å². The Hall–Kier alpha value is -0.260. The third-order valence-corrected chi connectivity index (χ3v) is 5.80. The van der Waals surface area contributed by atoms with Gasteiger partial charge in [0.25, 0.3) is 0 Å². The normalized spacial score (nSPS) is 15.7. The molecule has 0 saturated heterocycles. The van der Waals surface area contributed by atoms with E-state index in [4.69, 9.17) is 12.2 Å². The number of thioether (sulfide) groups is 1. The summed E-state index contributed by atoms with van der Waals surface area (Å²) in [5, 5.41) is 8.10. The number of hydrogen-bond donors (Lipinski definition) is 2. The van der Waals surface area contributed by atoms with Crippen LogP contribution in [0.4, 0.5) is 5.69 Å². The molecular weight excluding hydrogens is 364 g/mol. The summed E-state index contributed by atoms with van der Waals surface area (Å²) in [4.78, 5) is 0. The van der Waals surface area contributed by atoms with Crippen molar-refractivity contribution < 1.29 is 0 Å². The quantitative estimate of drug-likeness (QED) is 0.518. The zero-order chi connectivity index (χ0) is 14.9. The lowest BCUT2D eigenvalue weighted by Crippen LogP contribution is -2.29. The van der Waals surface area contributed by atoms with Gasteiger partial charge < -0.3 is 10.6 Å². The smallest absolute Gasteiger partial charge is 0.170 e. The Kier molecular flexibility index (Phi) is 7.89. The number of anilines is 1. The van der Waals surface area contributed by atoms with E-state index in [1.54, 1.807) is 0 Å².